The Morgan fingerprint density at radius 3 is 3.00 bits per heavy atom. The molecular weight excluding hydrogens is 316 g/mol. The maximum Gasteiger partial charge on any atom is 0.252 e. The SMILES string of the molecule is O=C(NC[C@H]1COc2ccccc2C1)c1ccc(-n2ccnc2)nc1. The van der Waals surface area contributed by atoms with Gasteiger partial charge in [0.25, 0.3) is 5.91 Å². The average Bonchev–Trinajstić information content (AvgIpc) is 3.21. The Morgan fingerprint density at radius 1 is 1.28 bits per heavy atom. The van der Waals surface area contributed by atoms with Crippen molar-refractivity contribution in [3.05, 3.63) is 72.4 Å². The first kappa shape index (κ1) is 15.4. The summed E-state index contributed by atoms with van der Waals surface area (Å²) in [6.07, 6.45) is 7.66. The van der Waals surface area contributed by atoms with Gasteiger partial charge in [0.2, 0.25) is 0 Å². The molecule has 2 aromatic heterocycles. The molecule has 6 nitrogen and oxygen atoms in total. The smallest absolute Gasteiger partial charge is 0.252 e. The summed E-state index contributed by atoms with van der Waals surface area (Å²) in [6.45, 7) is 1.20. The molecule has 1 amide bonds. The normalized spacial score (nSPS) is 15.9. The first-order chi connectivity index (χ1) is 12.3. The molecule has 1 N–H and O–H groups in total. The number of nitrogens with one attached hydrogen (secondary N) is 1. The van der Waals surface area contributed by atoms with Crippen molar-refractivity contribution in [3.63, 3.8) is 0 Å². The Hall–Kier alpha value is -3.15. The fourth-order valence-corrected chi connectivity index (χ4v) is 2.93. The van der Waals surface area contributed by atoms with Crippen LogP contribution in [0.15, 0.2) is 61.3 Å². The van der Waals surface area contributed by atoms with E-state index in [2.05, 4.69) is 21.4 Å². The summed E-state index contributed by atoms with van der Waals surface area (Å²) in [7, 11) is 0. The highest BCUT2D eigenvalue weighted by Crippen LogP contribution is 2.26. The van der Waals surface area contributed by atoms with Gasteiger partial charge in [-0.1, -0.05) is 18.2 Å². The lowest BCUT2D eigenvalue weighted by Crippen LogP contribution is -2.34. The lowest BCUT2D eigenvalue weighted by Gasteiger charge is -2.25. The highest BCUT2D eigenvalue weighted by atomic mass is 16.5. The summed E-state index contributed by atoms with van der Waals surface area (Å²) in [6, 6.07) is 11.6. The molecule has 0 saturated heterocycles. The Kier molecular flexibility index (Phi) is 4.16. The quantitative estimate of drug-likeness (QED) is 0.794. The Bertz CT molecular complexity index is 859. The zero-order valence-corrected chi connectivity index (χ0v) is 13.6. The van der Waals surface area contributed by atoms with E-state index in [0.717, 1.165) is 18.0 Å². The number of carbonyl (C=O) groups is 1. The van der Waals surface area contributed by atoms with Gasteiger partial charge in [-0.25, -0.2) is 9.97 Å². The van der Waals surface area contributed by atoms with Crippen LogP contribution in [-0.4, -0.2) is 33.6 Å². The van der Waals surface area contributed by atoms with Crippen LogP contribution in [0.1, 0.15) is 15.9 Å². The minimum absolute atomic E-state index is 0.122. The van der Waals surface area contributed by atoms with Crippen LogP contribution in [0.4, 0.5) is 0 Å². The second-order valence-corrected chi connectivity index (χ2v) is 6.07. The Morgan fingerprint density at radius 2 is 2.20 bits per heavy atom. The molecule has 0 aliphatic carbocycles. The van der Waals surface area contributed by atoms with Gasteiger partial charge in [0.15, 0.2) is 0 Å². The van der Waals surface area contributed by atoms with Gasteiger partial charge in [0.05, 0.1) is 12.2 Å². The molecule has 1 aliphatic heterocycles. The molecule has 3 aromatic rings. The van der Waals surface area contributed by atoms with Gasteiger partial charge in [0.1, 0.15) is 17.9 Å². The van der Waals surface area contributed by atoms with Crippen LogP contribution in [0.2, 0.25) is 0 Å². The van der Waals surface area contributed by atoms with Crippen molar-refractivity contribution in [1.82, 2.24) is 19.9 Å². The largest absolute Gasteiger partial charge is 0.493 e. The van der Waals surface area contributed by atoms with Crippen molar-refractivity contribution in [3.8, 4) is 11.6 Å². The molecule has 1 atom stereocenters. The topological polar surface area (TPSA) is 69.0 Å². The van der Waals surface area contributed by atoms with E-state index in [1.54, 1.807) is 35.4 Å². The van der Waals surface area contributed by atoms with Gasteiger partial charge in [-0.05, 0) is 30.2 Å². The van der Waals surface area contributed by atoms with Crippen LogP contribution >= 0.6 is 0 Å². The fourth-order valence-electron chi connectivity index (χ4n) is 2.93. The second kappa shape index (κ2) is 6.76. The zero-order valence-electron chi connectivity index (χ0n) is 13.6. The summed E-state index contributed by atoms with van der Waals surface area (Å²) in [4.78, 5) is 20.6. The monoisotopic (exact) mass is 334 g/mol. The van der Waals surface area contributed by atoms with E-state index in [1.165, 1.54) is 5.56 Å². The molecule has 1 aliphatic rings. The molecule has 25 heavy (non-hydrogen) atoms. The van der Waals surface area contributed by atoms with Gasteiger partial charge < -0.3 is 10.1 Å². The molecule has 0 spiro atoms. The molecule has 0 radical (unpaired) electrons. The van der Waals surface area contributed by atoms with Crippen molar-refractivity contribution in [2.24, 2.45) is 5.92 Å². The molecule has 4 rings (SSSR count). The van der Waals surface area contributed by atoms with Crippen LogP contribution in [-0.2, 0) is 6.42 Å². The van der Waals surface area contributed by atoms with E-state index in [4.69, 9.17) is 4.74 Å². The highest BCUT2D eigenvalue weighted by Gasteiger charge is 2.20. The van der Waals surface area contributed by atoms with E-state index in [0.29, 0.717) is 18.7 Å². The molecule has 0 unspecified atom stereocenters. The van der Waals surface area contributed by atoms with E-state index < -0.39 is 0 Å². The van der Waals surface area contributed by atoms with Crippen molar-refractivity contribution in [2.45, 2.75) is 6.42 Å². The number of ether oxygens (including phenoxy) is 1. The summed E-state index contributed by atoms with van der Waals surface area (Å²) in [5, 5.41) is 2.98. The van der Waals surface area contributed by atoms with Crippen LogP contribution in [0.3, 0.4) is 0 Å². The van der Waals surface area contributed by atoms with Crippen molar-refractivity contribution >= 4 is 5.91 Å². The highest BCUT2D eigenvalue weighted by molar-refractivity contribution is 5.93. The van der Waals surface area contributed by atoms with Crippen LogP contribution < -0.4 is 10.1 Å². The van der Waals surface area contributed by atoms with E-state index in [9.17, 15) is 4.79 Å². The number of pyridine rings is 1. The summed E-state index contributed by atoms with van der Waals surface area (Å²) >= 11 is 0. The van der Waals surface area contributed by atoms with Crippen LogP contribution in [0, 0.1) is 5.92 Å². The zero-order chi connectivity index (χ0) is 17.1. The van der Waals surface area contributed by atoms with E-state index in [-0.39, 0.29) is 11.8 Å². The average molecular weight is 334 g/mol. The molecule has 0 bridgehead atoms. The lowest BCUT2D eigenvalue weighted by molar-refractivity contribution is 0.0938. The second-order valence-electron chi connectivity index (χ2n) is 6.07. The molecule has 6 heteroatoms. The van der Waals surface area contributed by atoms with Crippen molar-refractivity contribution < 1.29 is 9.53 Å². The number of fused-ring (bicyclic) bond motifs is 1. The minimum Gasteiger partial charge on any atom is -0.493 e. The summed E-state index contributed by atoms with van der Waals surface area (Å²) < 4.78 is 7.55. The standard InChI is InChI=1S/C19H18N4O2/c24-19(16-5-6-18(21-11-16)23-8-7-20-13-23)22-10-14-9-15-3-1-2-4-17(15)25-12-14/h1-8,11,13-14H,9-10,12H2,(H,22,24)/t14-/m0/s1. The lowest BCUT2D eigenvalue weighted by atomic mass is 9.97. The fraction of sp³-hybridized carbons (Fsp3) is 0.211. The Balaban J connectivity index is 1.35. The van der Waals surface area contributed by atoms with E-state index >= 15 is 0 Å². The number of rotatable bonds is 4. The van der Waals surface area contributed by atoms with Crippen LogP contribution in [0.5, 0.6) is 5.75 Å². The van der Waals surface area contributed by atoms with Gasteiger partial charge in [-0.2, -0.15) is 0 Å². The molecule has 0 saturated carbocycles. The number of hydrogen-bond acceptors (Lipinski definition) is 4. The van der Waals surface area contributed by atoms with Crippen molar-refractivity contribution in [1.29, 1.82) is 0 Å². The number of benzene rings is 1. The molecule has 126 valence electrons. The third-order valence-electron chi connectivity index (χ3n) is 4.29. The van der Waals surface area contributed by atoms with Gasteiger partial charge in [-0.3, -0.25) is 9.36 Å². The minimum atomic E-state index is -0.122. The third kappa shape index (κ3) is 3.38. The predicted octanol–water partition coefficient (Wildman–Crippen LogP) is 2.25. The molecule has 0 fully saturated rings. The maximum absolute atomic E-state index is 12.3. The number of para-hydroxylation sites is 1. The van der Waals surface area contributed by atoms with Gasteiger partial charge >= 0.3 is 0 Å². The maximum atomic E-state index is 12.3. The van der Waals surface area contributed by atoms with Gasteiger partial charge in [-0.15, -0.1) is 0 Å². The van der Waals surface area contributed by atoms with E-state index in [1.807, 2.05) is 24.4 Å². The summed E-state index contributed by atoms with van der Waals surface area (Å²) in [5.41, 5.74) is 1.74. The van der Waals surface area contributed by atoms with Crippen LogP contribution in [0.25, 0.3) is 5.82 Å². The number of aromatic nitrogens is 3. The Labute approximate surface area is 145 Å². The number of imidazole rings is 1. The number of amides is 1. The first-order valence-corrected chi connectivity index (χ1v) is 8.23. The van der Waals surface area contributed by atoms with Gasteiger partial charge in [0, 0.05) is 31.1 Å². The molecular formula is C19H18N4O2. The first-order valence-electron chi connectivity index (χ1n) is 8.23. The molecule has 3 heterocycles. The predicted molar refractivity (Wildman–Crippen MR) is 92.8 cm³/mol. The summed E-state index contributed by atoms with van der Waals surface area (Å²) in [5.74, 6) is 1.83. The third-order valence-corrected chi connectivity index (χ3v) is 4.29. The van der Waals surface area contributed by atoms with Crippen molar-refractivity contribution in [2.75, 3.05) is 13.2 Å². The number of carbonyl (C=O) groups excluding carboxylic acids is 1. The number of hydrogen-bond donors (Lipinski definition) is 1. The molecule has 1 aromatic carbocycles. The number of nitrogens with zero attached hydrogens (tertiary/aromatic N) is 3.